The van der Waals surface area contributed by atoms with Gasteiger partial charge in [0.05, 0.1) is 6.10 Å². The van der Waals surface area contributed by atoms with E-state index in [-0.39, 0.29) is 0 Å². The fourth-order valence-electron chi connectivity index (χ4n) is 1.18. The van der Waals surface area contributed by atoms with Crippen LogP contribution >= 0.6 is 0 Å². The van der Waals surface area contributed by atoms with Crippen LogP contribution in [0.3, 0.4) is 0 Å². The van der Waals surface area contributed by atoms with E-state index in [1.165, 1.54) is 6.20 Å². The number of hydrogen-bond acceptors (Lipinski definition) is 4. The lowest BCUT2D eigenvalue weighted by Crippen LogP contribution is -2.27. The van der Waals surface area contributed by atoms with E-state index in [4.69, 9.17) is 4.74 Å². The molecule has 0 bridgehead atoms. The first kappa shape index (κ1) is 13.4. The molecular formula is C12H18N2O3. The minimum absolute atomic E-state index is 0.359. The molecule has 17 heavy (non-hydrogen) atoms. The minimum atomic E-state index is -0.600. The van der Waals surface area contributed by atoms with Gasteiger partial charge >= 0.3 is 6.09 Å². The van der Waals surface area contributed by atoms with Crippen LogP contribution in [0.5, 0.6) is 0 Å². The zero-order valence-electron chi connectivity index (χ0n) is 10.5. The van der Waals surface area contributed by atoms with Crippen molar-refractivity contribution >= 4 is 11.9 Å². The lowest BCUT2D eigenvalue weighted by molar-refractivity contribution is 0.0635. The lowest BCUT2D eigenvalue weighted by Gasteiger charge is -2.19. The topological polar surface area (TPSA) is 71.5 Å². The maximum atomic E-state index is 11.5. The van der Waals surface area contributed by atoms with E-state index in [1.54, 1.807) is 39.8 Å². The molecule has 0 aliphatic heterocycles. The Hall–Kier alpha value is -1.62. The summed E-state index contributed by atoms with van der Waals surface area (Å²) in [4.78, 5) is 15.4. The summed E-state index contributed by atoms with van der Waals surface area (Å²) in [6.07, 6.45) is 0.360. The van der Waals surface area contributed by atoms with Gasteiger partial charge in [-0.25, -0.2) is 9.78 Å². The Morgan fingerprint density at radius 1 is 1.53 bits per heavy atom. The van der Waals surface area contributed by atoms with E-state index in [0.29, 0.717) is 11.4 Å². The average Bonchev–Trinajstić information content (AvgIpc) is 2.14. The van der Waals surface area contributed by atoms with Crippen LogP contribution in [0.4, 0.5) is 10.6 Å². The Morgan fingerprint density at radius 2 is 2.18 bits per heavy atom. The molecule has 0 saturated carbocycles. The molecule has 2 N–H and O–H groups in total. The van der Waals surface area contributed by atoms with Gasteiger partial charge in [0, 0.05) is 6.20 Å². The normalized spacial score (nSPS) is 13.0. The van der Waals surface area contributed by atoms with Gasteiger partial charge in [-0.3, -0.25) is 5.32 Å². The summed E-state index contributed by atoms with van der Waals surface area (Å²) in [7, 11) is 0. The summed E-state index contributed by atoms with van der Waals surface area (Å²) in [5.74, 6) is 0.359. The second-order valence-electron chi connectivity index (χ2n) is 4.78. The smallest absolute Gasteiger partial charge is 0.413 e. The molecule has 1 atom stereocenters. The van der Waals surface area contributed by atoms with Gasteiger partial charge < -0.3 is 9.84 Å². The van der Waals surface area contributed by atoms with Gasteiger partial charge in [-0.1, -0.05) is 0 Å². The zero-order chi connectivity index (χ0) is 13.1. The van der Waals surface area contributed by atoms with Gasteiger partial charge in [0.25, 0.3) is 0 Å². The summed E-state index contributed by atoms with van der Waals surface area (Å²) in [6.45, 7) is 7.00. The number of anilines is 1. The van der Waals surface area contributed by atoms with Crippen LogP contribution in [0.25, 0.3) is 0 Å². The molecule has 0 aliphatic rings. The monoisotopic (exact) mass is 238 g/mol. The van der Waals surface area contributed by atoms with Gasteiger partial charge in [-0.15, -0.1) is 0 Å². The molecule has 94 valence electrons. The van der Waals surface area contributed by atoms with E-state index >= 15 is 0 Å². The Kier molecular flexibility index (Phi) is 4.07. The first-order valence-corrected chi connectivity index (χ1v) is 5.42. The predicted molar refractivity (Wildman–Crippen MR) is 64.7 cm³/mol. The number of pyridine rings is 1. The molecule has 1 aromatic heterocycles. The summed E-state index contributed by atoms with van der Waals surface area (Å²) in [5.41, 5.74) is 0.137. The number of aliphatic hydroxyl groups excluding tert-OH is 1. The molecule has 0 unspecified atom stereocenters. The lowest BCUT2D eigenvalue weighted by atomic mass is 10.2. The second-order valence-corrected chi connectivity index (χ2v) is 4.78. The second kappa shape index (κ2) is 5.14. The zero-order valence-corrected chi connectivity index (χ0v) is 10.5. The maximum absolute atomic E-state index is 11.5. The highest BCUT2D eigenvalue weighted by Gasteiger charge is 2.16. The maximum Gasteiger partial charge on any atom is 0.413 e. The molecule has 0 saturated heterocycles. The van der Waals surface area contributed by atoms with E-state index in [1.807, 2.05) is 0 Å². The van der Waals surface area contributed by atoms with Crippen molar-refractivity contribution in [1.82, 2.24) is 4.98 Å². The molecule has 5 heteroatoms. The highest BCUT2D eigenvalue weighted by Crippen LogP contribution is 2.15. The standard InChI is InChI=1S/C12H18N2O3/c1-8(15)9-5-6-13-10(7-9)14-11(16)17-12(2,3)4/h5-8,15H,1-4H3,(H,13,14,16)/t8-/m1/s1. The molecule has 1 rings (SSSR count). The number of amides is 1. The van der Waals surface area contributed by atoms with E-state index in [9.17, 15) is 9.90 Å². The highest BCUT2D eigenvalue weighted by atomic mass is 16.6. The van der Waals surface area contributed by atoms with E-state index in [2.05, 4.69) is 10.3 Å². The third-order valence-electron chi connectivity index (χ3n) is 1.90. The van der Waals surface area contributed by atoms with Gasteiger partial charge in [0.15, 0.2) is 0 Å². The molecule has 0 aliphatic carbocycles. The van der Waals surface area contributed by atoms with Crippen molar-refractivity contribution in [1.29, 1.82) is 0 Å². The fraction of sp³-hybridized carbons (Fsp3) is 0.500. The molecule has 0 radical (unpaired) electrons. The largest absolute Gasteiger partial charge is 0.444 e. The Labute approximate surface area is 101 Å². The van der Waals surface area contributed by atoms with E-state index < -0.39 is 17.8 Å². The molecule has 0 aromatic carbocycles. The van der Waals surface area contributed by atoms with Crippen LogP contribution in [-0.2, 0) is 4.74 Å². The number of nitrogens with one attached hydrogen (secondary N) is 1. The van der Waals surface area contributed by atoms with Crippen LogP contribution in [0.2, 0.25) is 0 Å². The van der Waals surface area contributed by atoms with Gasteiger partial charge in [0.2, 0.25) is 0 Å². The molecule has 5 nitrogen and oxygen atoms in total. The molecule has 0 spiro atoms. The Morgan fingerprint density at radius 3 is 2.71 bits per heavy atom. The van der Waals surface area contributed by atoms with Gasteiger partial charge in [-0.05, 0) is 45.4 Å². The van der Waals surface area contributed by atoms with Crippen molar-refractivity contribution in [3.8, 4) is 0 Å². The van der Waals surface area contributed by atoms with Crippen LogP contribution in [0.1, 0.15) is 39.4 Å². The molecule has 0 fully saturated rings. The van der Waals surface area contributed by atoms with Crippen LogP contribution in [0.15, 0.2) is 18.3 Å². The molecule has 1 heterocycles. The van der Waals surface area contributed by atoms with Crippen LogP contribution in [0, 0.1) is 0 Å². The average molecular weight is 238 g/mol. The van der Waals surface area contributed by atoms with Crippen LogP contribution in [-0.4, -0.2) is 21.8 Å². The third-order valence-corrected chi connectivity index (χ3v) is 1.90. The Balaban J connectivity index is 2.69. The quantitative estimate of drug-likeness (QED) is 0.830. The predicted octanol–water partition coefficient (Wildman–Crippen LogP) is 2.48. The van der Waals surface area contributed by atoms with Crippen molar-refractivity contribution in [3.63, 3.8) is 0 Å². The third kappa shape index (κ3) is 4.82. The summed E-state index contributed by atoms with van der Waals surface area (Å²) in [5, 5.41) is 11.9. The number of rotatable bonds is 2. The van der Waals surface area contributed by atoms with Gasteiger partial charge in [-0.2, -0.15) is 0 Å². The number of aliphatic hydroxyl groups is 1. The first-order chi connectivity index (χ1) is 7.78. The van der Waals surface area contributed by atoms with E-state index in [0.717, 1.165) is 0 Å². The number of carbonyl (C=O) groups is 1. The number of ether oxygens (including phenoxy) is 1. The molecular weight excluding hydrogens is 220 g/mol. The SMILES string of the molecule is C[C@@H](O)c1ccnc(NC(=O)OC(C)(C)C)c1. The summed E-state index contributed by atoms with van der Waals surface area (Å²) >= 11 is 0. The fourth-order valence-corrected chi connectivity index (χ4v) is 1.18. The molecule has 1 amide bonds. The van der Waals surface area contributed by atoms with Crippen molar-refractivity contribution in [2.75, 3.05) is 5.32 Å². The van der Waals surface area contributed by atoms with Crippen molar-refractivity contribution in [2.24, 2.45) is 0 Å². The minimum Gasteiger partial charge on any atom is -0.444 e. The van der Waals surface area contributed by atoms with Crippen molar-refractivity contribution < 1.29 is 14.6 Å². The summed E-state index contributed by atoms with van der Waals surface area (Å²) in [6, 6.07) is 3.29. The molecule has 1 aromatic rings. The van der Waals surface area contributed by atoms with Gasteiger partial charge in [0.1, 0.15) is 11.4 Å². The van der Waals surface area contributed by atoms with Crippen LogP contribution < -0.4 is 5.32 Å². The number of carbonyl (C=O) groups excluding carboxylic acids is 1. The number of nitrogens with zero attached hydrogens (tertiary/aromatic N) is 1. The Bertz CT molecular complexity index is 397. The highest BCUT2D eigenvalue weighted by molar-refractivity contribution is 5.83. The number of aromatic nitrogens is 1. The van der Waals surface area contributed by atoms with Crippen molar-refractivity contribution in [2.45, 2.75) is 39.4 Å². The van der Waals surface area contributed by atoms with Crippen molar-refractivity contribution in [3.05, 3.63) is 23.9 Å². The number of hydrogen-bond donors (Lipinski definition) is 2. The first-order valence-electron chi connectivity index (χ1n) is 5.42. The summed E-state index contributed by atoms with van der Waals surface area (Å²) < 4.78 is 5.09.